The third-order valence-corrected chi connectivity index (χ3v) is 1.94. The van der Waals surface area contributed by atoms with Crippen molar-refractivity contribution in [2.75, 3.05) is 19.8 Å². The first-order chi connectivity index (χ1) is 5.34. The summed E-state index contributed by atoms with van der Waals surface area (Å²) in [7, 11) is -0.625. The maximum Gasteiger partial charge on any atom is 0.459 e. The molecule has 0 spiro atoms. The van der Waals surface area contributed by atoms with E-state index in [0.29, 0.717) is 13.2 Å². The molecule has 1 rings (SSSR count). The van der Waals surface area contributed by atoms with Crippen molar-refractivity contribution in [3.05, 3.63) is 0 Å². The largest absolute Gasteiger partial charge is 0.459 e. The molecular weight excluding hydrogens is 143 g/mol. The van der Waals surface area contributed by atoms with E-state index in [4.69, 9.17) is 9.39 Å². The third-order valence-electron chi connectivity index (χ3n) is 1.94. The summed E-state index contributed by atoms with van der Waals surface area (Å²) in [5.41, 5.74) is 0. The Morgan fingerprint density at radius 3 is 3.09 bits per heavy atom. The Morgan fingerprint density at radius 2 is 2.55 bits per heavy atom. The van der Waals surface area contributed by atoms with Crippen LogP contribution in [-0.4, -0.2) is 32.0 Å². The lowest BCUT2D eigenvalue weighted by atomic mass is 9.69. The van der Waals surface area contributed by atoms with Crippen LogP contribution in [-0.2, 0) is 9.39 Å². The molecule has 1 saturated heterocycles. The molecule has 0 bridgehead atoms. The first-order valence-electron chi connectivity index (χ1n) is 4.22. The van der Waals surface area contributed by atoms with Gasteiger partial charge in [-0.15, -0.1) is 0 Å². The zero-order chi connectivity index (χ0) is 8.10. The van der Waals surface area contributed by atoms with Gasteiger partial charge in [0.25, 0.3) is 0 Å². The van der Waals surface area contributed by atoms with E-state index in [0.717, 1.165) is 19.4 Å². The van der Waals surface area contributed by atoms with Gasteiger partial charge in [0.05, 0.1) is 0 Å². The smallest absolute Gasteiger partial charge is 0.427 e. The van der Waals surface area contributed by atoms with Crippen molar-refractivity contribution in [1.82, 2.24) is 0 Å². The fourth-order valence-electron chi connectivity index (χ4n) is 1.30. The van der Waals surface area contributed by atoms with E-state index in [2.05, 4.69) is 0 Å². The van der Waals surface area contributed by atoms with Gasteiger partial charge in [-0.25, -0.2) is 0 Å². The van der Waals surface area contributed by atoms with Crippen molar-refractivity contribution in [1.29, 1.82) is 0 Å². The number of hydrogen-bond acceptors (Lipinski definition) is 3. The summed E-state index contributed by atoms with van der Waals surface area (Å²) in [5.74, 6) is 0.184. The molecule has 3 nitrogen and oxygen atoms in total. The number of ether oxygens (including phenoxy) is 1. The van der Waals surface area contributed by atoms with Crippen LogP contribution < -0.4 is 0 Å². The van der Waals surface area contributed by atoms with Crippen LogP contribution >= 0.6 is 0 Å². The van der Waals surface area contributed by atoms with Gasteiger partial charge in [-0.2, -0.15) is 0 Å². The Morgan fingerprint density at radius 1 is 1.73 bits per heavy atom. The number of hydrogen-bond donors (Lipinski definition) is 1. The van der Waals surface area contributed by atoms with Gasteiger partial charge in [0.15, 0.2) is 0 Å². The van der Waals surface area contributed by atoms with Crippen LogP contribution in [0.25, 0.3) is 0 Å². The second kappa shape index (κ2) is 4.75. The van der Waals surface area contributed by atoms with Crippen LogP contribution in [0.4, 0.5) is 0 Å². The molecule has 1 unspecified atom stereocenters. The van der Waals surface area contributed by atoms with E-state index >= 15 is 0 Å². The van der Waals surface area contributed by atoms with Crippen LogP contribution in [0.15, 0.2) is 0 Å². The average Bonchev–Trinajstić information content (AvgIpc) is 2.07. The Bertz CT molecular complexity index is 104. The van der Waals surface area contributed by atoms with E-state index in [1.165, 1.54) is 0 Å². The lowest BCUT2D eigenvalue weighted by Gasteiger charge is -2.23. The summed E-state index contributed by atoms with van der Waals surface area (Å²) in [5, 5.41) is 9.37. The van der Waals surface area contributed by atoms with E-state index < -0.39 is 7.12 Å². The van der Waals surface area contributed by atoms with Gasteiger partial charge in [-0.05, 0) is 19.8 Å². The maximum atomic E-state index is 9.37. The molecule has 0 aromatic carbocycles. The van der Waals surface area contributed by atoms with Gasteiger partial charge in [-0.3, -0.25) is 0 Å². The van der Waals surface area contributed by atoms with E-state index in [1.807, 2.05) is 6.92 Å². The fraction of sp³-hybridized carbons (Fsp3) is 1.00. The van der Waals surface area contributed by atoms with Gasteiger partial charge < -0.3 is 14.4 Å². The number of rotatable bonds is 3. The highest BCUT2D eigenvalue weighted by Gasteiger charge is 2.28. The lowest BCUT2D eigenvalue weighted by molar-refractivity contribution is 0.0842. The monoisotopic (exact) mass is 158 g/mol. The van der Waals surface area contributed by atoms with Crippen molar-refractivity contribution in [3.63, 3.8) is 0 Å². The van der Waals surface area contributed by atoms with Gasteiger partial charge in [0.2, 0.25) is 0 Å². The minimum absolute atomic E-state index is 0.184. The highest BCUT2D eigenvalue weighted by molar-refractivity contribution is 6.44. The molecule has 4 heteroatoms. The topological polar surface area (TPSA) is 38.7 Å². The summed E-state index contributed by atoms with van der Waals surface area (Å²) < 4.78 is 10.3. The zero-order valence-corrected chi connectivity index (χ0v) is 6.95. The minimum Gasteiger partial charge on any atom is -0.427 e. The highest BCUT2D eigenvalue weighted by Crippen LogP contribution is 2.21. The molecular formula is C7H15BO3. The molecule has 1 aliphatic rings. The minimum atomic E-state index is -0.625. The van der Waals surface area contributed by atoms with Crippen LogP contribution in [0.2, 0.25) is 5.82 Å². The van der Waals surface area contributed by atoms with Gasteiger partial charge in [-0.1, -0.05) is 0 Å². The van der Waals surface area contributed by atoms with Crippen LogP contribution in [0.1, 0.15) is 19.8 Å². The normalized spacial score (nSPS) is 25.1. The van der Waals surface area contributed by atoms with E-state index in [-0.39, 0.29) is 5.82 Å². The second-order valence-electron chi connectivity index (χ2n) is 2.82. The first-order valence-corrected chi connectivity index (χ1v) is 4.22. The van der Waals surface area contributed by atoms with Crippen molar-refractivity contribution >= 4 is 7.12 Å². The molecule has 1 fully saturated rings. The highest BCUT2D eigenvalue weighted by atomic mass is 16.5. The summed E-state index contributed by atoms with van der Waals surface area (Å²) in [6.45, 7) is 3.92. The van der Waals surface area contributed by atoms with Crippen LogP contribution in [0, 0.1) is 0 Å². The van der Waals surface area contributed by atoms with E-state index in [1.54, 1.807) is 0 Å². The maximum absolute atomic E-state index is 9.37. The summed E-state index contributed by atoms with van der Waals surface area (Å²) in [6, 6.07) is 0. The molecule has 0 saturated carbocycles. The van der Waals surface area contributed by atoms with Crippen molar-refractivity contribution in [2.45, 2.75) is 25.6 Å². The summed E-state index contributed by atoms with van der Waals surface area (Å²) >= 11 is 0. The molecule has 1 N–H and O–H groups in total. The van der Waals surface area contributed by atoms with Gasteiger partial charge in [0, 0.05) is 25.6 Å². The predicted molar refractivity (Wildman–Crippen MR) is 43.4 cm³/mol. The molecule has 64 valence electrons. The molecule has 11 heavy (non-hydrogen) atoms. The van der Waals surface area contributed by atoms with E-state index in [9.17, 15) is 5.02 Å². The third kappa shape index (κ3) is 2.81. The standard InChI is InChI=1S/C7H15BO3/c1-2-11-8(9)7-4-3-5-10-6-7/h7,9H,2-6H2,1H3. The molecule has 0 amide bonds. The Hall–Kier alpha value is -0.0551. The van der Waals surface area contributed by atoms with Crippen LogP contribution in [0.5, 0.6) is 0 Å². The molecule has 0 aliphatic carbocycles. The lowest BCUT2D eigenvalue weighted by Crippen LogP contribution is -2.30. The Balaban J connectivity index is 2.21. The van der Waals surface area contributed by atoms with Gasteiger partial charge >= 0.3 is 7.12 Å². The Kier molecular flexibility index (Phi) is 3.90. The summed E-state index contributed by atoms with van der Waals surface area (Å²) in [4.78, 5) is 0. The summed E-state index contributed by atoms with van der Waals surface area (Å²) in [6.07, 6.45) is 2.05. The molecule has 0 aromatic heterocycles. The molecule has 0 aromatic rings. The fourth-order valence-corrected chi connectivity index (χ4v) is 1.30. The van der Waals surface area contributed by atoms with Crippen molar-refractivity contribution < 1.29 is 14.4 Å². The SMILES string of the molecule is CCOB(O)C1CCCOC1. The second-order valence-corrected chi connectivity index (χ2v) is 2.82. The molecule has 0 radical (unpaired) electrons. The predicted octanol–water partition coefficient (Wildman–Crippen LogP) is 0.684. The van der Waals surface area contributed by atoms with Crippen molar-refractivity contribution in [2.24, 2.45) is 0 Å². The first kappa shape index (κ1) is 9.04. The Labute approximate surface area is 67.8 Å². The van der Waals surface area contributed by atoms with Crippen LogP contribution in [0.3, 0.4) is 0 Å². The quantitative estimate of drug-likeness (QED) is 0.614. The molecule has 1 heterocycles. The molecule has 1 aliphatic heterocycles. The van der Waals surface area contributed by atoms with Gasteiger partial charge in [0.1, 0.15) is 0 Å². The van der Waals surface area contributed by atoms with Crippen molar-refractivity contribution in [3.8, 4) is 0 Å². The molecule has 1 atom stereocenters. The average molecular weight is 158 g/mol. The zero-order valence-electron chi connectivity index (χ0n) is 6.95.